The van der Waals surface area contributed by atoms with Crippen LogP contribution in [0.2, 0.25) is 0 Å². The second-order valence-corrected chi connectivity index (χ2v) is 12.0. The Balaban J connectivity index is 0.00000417. The third-order valence-corrected chi connectivity index (χ3v) is 9.08. The summed E-state index contributed by atoms with van der Waals surface area (Å²) in [6, 6.07) is 12.8. The highest BCUT2D eigenvalue weighted by Crippen LogP contribution is 2.40. The minimum absolute atomic E-state index is 0. The highest BCUT2D eigenvalue weighted by molar-refractivity contribution is 6.05. The Morgan fingerprint density at radius 1 is 1.04 bits per heavy atom. The van der Waals surface area contributed by atoms with Crippen LogP contribution in [0.5, 0.6) is 5.75 Å². The molecular formula is C35H38FN9O3. The van der Waals surface area contributed by atoms with Crippen LogP contribution in [0.25, 0.3) is 27.6 Å². The molecule has 0 radical (unpaired) electrons. The van der Waals surface area contributed by atoms with E-state index in [1.165, 1.54) is 0 Å². The molecule has 0 spiro atoms. The van der Waals surface area contributed by atoms with Gasteiger partial charge >= 0.3 is 0 Å². The zero-order valence-corrected chi connectivity index (χ0v) is 26.8. The largest absolute Gasteiger partial charge is 0.496 e. The van der Waals surface area contributed by atoms with E-state index in [1.54, 1.807) is 58.5 Å². The van der Waals surface area contributed by atoms with Gasteiger partial charge in [-0.25, -0.2) is 14.4 Å². The number of carbonyl (C=O) groups is 2. The Bertz CT molecular complexity index is 1980. The molecule has 3 aromatic heterocycles. The van der Waals surface area contributed by atoms with Crippen LogP contribution in [-0.4, -0.2) is 97.4 Å². The van der Waals surface area contributed by atoms with Crippen LogP contribution in [0.3, 0.4) is 0 Å². The topological polar surface area (TPSA) is 125 Å². The Labute approximate surface area is 278 Å². The van der Waals surface area contributed by atoms with Crippen LogP contribution in [-0.2, 0) is 11.3 Å². The van der Waals surface area contributed by atoms with Gasteiger partial charge in [0.2, 0.25) is 11.9 Å². The number of anilines is 1. The third kappa shape index (κ3) is 5.98. The summed E-state index contributed by atoms with van der Waals surface area (Å²) >= 11 is 0. The molecule has 2 aromatic carbocycles. The molecule has 7 rings (SSSR count). The van der Waals surface area contributed by atoms with Crippen molar-refractivity contribution in [2.75, 3.05) is 44.7 Å². The first-order valence-electron chi connectivity index (χ1n) is 16.0. The minimum Gasteiger partial charge on any atom is -0.496 e. The lowest BCUT2D eigenvalue weighted by Gasteiger charge is -2.39. The number of amides is 2. The number of aromatic nitrogens is 6. The Kier molecular flexibility index (Phi) is 8.57. The summed E-state index contributed by atoms with van der Waals surface area (Å²) in [7, 11) is 1.60. The predicted octanol–water partition coefficient (Wildman–Crippen LogP) is 4.67. The highest BCUT2D eigenvalue weighted by Gasteiger charge is 2.31. The van der Waals surface area contributed by atoms with Gasteiger partial charge in [0, 0.05) is 81.7 Å². The maximum absolute atomic E-state index is 16.7. The number of carbonyl (C=O) groups excluding carboxylic acids is 2. The number of aryl methyl sites for hydroxylation is 1. The quantitative estimate of drug-likeness (QED) is 0.257. The van der Waals surface area contributed by atoms with Gasteiger partial charge in [-0.05, 0) is 48.7 Å². The molecule has 1 atom stereocenters. The Morgan fingerprint density at radius 2 is 1.88 bits per heavy atom. The van der Waals surface area contributed by atoms with Crippen molar-refractivity contribution in [1.29, 1.82) is 0 Å². The fraction of sp³-hybridized carbons (Fsp3) is 0.314. The number of nitrogens with one attached hydrogen (secondary N) is 1. The van der Waals surface area contributed by atoms with Crippen LogP contribution in [0.15, 0.2) is 73.3 Å². The van der Waals surface area contributed by atoms with Crippen LogP contribution < -0.4 is 9.64 Å². The van der Waals surface area contributed by atoms with Gasteiger partial charge in [-0.3, -0.25) is 14.3 Å². The molecule has 48 heavy (non-hydrogen) atoms. The summed E-state index contributed by atoms with van der Waals surface area (Å²) < 4.78 is 24.0. The molecule has 1 fully saturated rings. The summed E-state index contributed by atoms with van der Waals surface area (Å²) in [5.74, 6) is 0.542. The number of hydrogen-bond donors (Lipinski definition) is 1. The lowest BCUT2D eigenvalue weighted by atomic mass is 9.93. The van der Waals surface area contributed by atoms with Crippen LogP contribution in [0.1, 0.15) is 37.2 Å². The molecule has 248 valence electrons. The molecule has 0 aliphatic carbocycles. The fourth-order valence-corrected chi connectivity index (χ4v) is 6.62. The molecule has 0 unspecified atom stereocenters. The van der Waals surface area contributed by atoms with Crippen molar-refractivity contribution in [2.45, 2.75) is 32.4 Å². The molecule has 2 aliphatic heterocycles. The number of fused-ring (bicyclic) bond motifs is 1. The van der Waals surface area contributed by atoms with E-state index in [4.69, 9.17) is 4.74 Å². The second-order valence-electron chi connectivity index (χ2n) is 12.0. The summed E-state index contributed by atoms with van der Waals surface area (Å²) in [4.78, 5) is 44.6. The van der Waals surface area contributed by atoms with Crippen LogP contribution in [0, 0.1) is 5.82 Å². The van der Waals surface area contributed by atoms with Gasteiger partial charge in [0.1, 0.15) is 11.4 Å². The molecule has 2 amide bonds. The molecular weight excluding hydrogens is 613 g/mol. The number of aromatic amines is 1. The summed E-state index contributed by atoms with van der Waals surface area (Å²) in [5, 5.41) is 8.31. The molecule has 13 heteroatoms. The highest BCUT2D eigenvalue weighted by atomic mass is 19.1. The molecule has 5 heterocycles. The van der Waals surface area contributed by atoms with Gasteiger partial charge < -0.3 is 24.4 Å². The second kappa shape index (κ2) is 13.3. The van der Waals surface area contributed by atoms with E-state index in [0.717, 1.165) is 11.1 Å². The number of benzene rings is 2. The Morgan fingerprint density at radius 3 is 2.65 bits per heavy atom. The average Bonchev–Trinajstić information content (AvgIpc) is 3.82. The first-order chi connectivity index (χ1) is 23.4. The predicted molar refractivity (Wildman–Crippen MR) is 181 cm³/mol. The van der Waals surface area contributed by atoms with E-state index >= 15 is 4.39 Å². The van der Waals surface area contributed by atoms with Crippen molar-refractivity contribution in [2.24, 2.45) is 0 Å². The average molecular weight is 652 g/mol. The molecule has 2 aliphatic rings. The maximum Gasteiger partial charge on any atom is 0.270 e. The lowest BCUT2D eigenvalue weighted by Crippen LogP contribution is -2.54. The molecule has 0 bridgehead atoms. The fourth-order valence-electron chi connectivity index (χ4n) is 6.62. The number of methoxy groups -OCH3 is 1. The number of para-hydroxylation sites is 1. The summed E-state index contributed by atoms with van der Waals surface area (Å²) in [6.45, 7) is 4.84. The van der Waals surface area contributed by atoms with E-state index in [2.05, 4.69) is 30.2 Å². The molecule has 1 N–H and O–H groups in total. The summed E-state index contributed by atoms with van der Waals surface area (Å²) in [5.41, 5.74) is 3.12. The number of hydrogen-bond acceptors (Lipinski definition) is 8. The van der Waals surface area contributed by atoms with E-state index in [-0.39, 0.29) is 37.8 Å². The molecule has 5 aromatic rings. The number of halogens is 1. The summed E-state index contributed by atoms with van der Waals surface area (Å²) in [6.07, 6.45) is 9.55. The number of piperazine rings is 1. The van der Waals surface area contributed by atoms with Gasteiger partial charge in [-0.1, -0.05) is 29.5 Å². The lowest BCUT2D eigenvalue weighted by molar-refractivity contribution is -0.131. The molecule has 1 saturated heterocycles. The van der Waals surface area contributed by atoms with Gasteiger partial charge in [0.05, 0.1) is 25.4 Å². The van der Waals surface area contributed by atoms with E-state index in [0.29, 0.717) is 73.1 Å². The zero-order valence-electron chi connectivity index (χ0n) is 26.8. The van der Waals surface area contributed by atoms with Crippen molar-refractivity contribution < 1.29 is 20.1 Å². The Hall–Kier alpha value is -5.59. The van der Waals surface area contributed by atoms with Gasteiger partial charge in [0.15, 0.2) is 5.82 Å². The van der Waals surface area contributed by atoms with Crippen molar-refractivity contribution in [1.82, 2.24) is 39.7 Å². The smallest absolute Gasteiger partial charge is 0.270 e. The van der Waals surface area contributed by atoms with Crippen molar-refractivity contribution in [3.05, 3.63) is 90.4 Å². The number of rotatable bonds is 8. The SMILES string of the molecule is COc1ccccc1-c1cc(C2=CCCN(C(=O)CCn3ccnn3)C2)c(F)c2[nH]c(C(=O)N3CCN(c4ncccn4)C[C@@H]3C)cc12.[HH]. The van der Waals surface area contributed by atoms with Crippen molar-refractivity contribution in [3.8, 4) is 16.9 Å². The first kappa shape index (κ1) is 31.0. The van der Waals surface area contributed by atoms with Crippen molar-refractivity contribution in [3.63, 3.8) is 0 Å². The van der Waals surface area contributed by atoms with Crippen LogP contribution in [0.4, 0.5) is 10.3 Å². The van der Waals surface area contributed by atoms with E-state index in [9.17, 15) is 9.59 Å². The van der Waals surface area contributed by atoms with E-state index < -0.39 is 5.82 Å². The first-order valence-corrected chi connectivity index (χ1v) is 16.0. The number of nitrogens with zero attached hydrogens (tertiary/aromatic N) is 8. The maximum atomic E-state index is 16.7. The normalized spacial score (nSPS) is 16.7. The number of H-pyrrole nitrogens is 1. The number of ether oxygens (including phenoxy) is 1. The van der Waals surface area contributed by atoms with Gasteiger partial charge in [-0.2, -0.15) is 0 Å². The zero-order chi connectivity index (χ0) is 33.2. The minimum atomic E-state index is -0.468. The third-order valence-electron chi connectivity index (χ3n) is 9.08. The van der Waals surface area contributed by atoms with Gasteiger partial charge in [0.25, 0.3) is 5.91 Å². The monoisotopic (exact) mass is 651 g/mol. The van der Waals surface area contributed by atoms with Crippen LogP contribution >= 0.6 is 0 Å². The standard InChI is InChI=1S/C35H36FN9O3.H2/c1-23-21-43(35-37-11-6-12-38-35)17-18-45(23)34(47)29-20-28-27(25-8-3-4-9-30(25)48-2)19-26(32(36)33(28)40-29)24-7-5-14-42(22-24)31(46)10-15-44-16-13-39-41-44;/h3-4,6-9,11-13,16,19-20,23,40H,5,10,14-15,17-18,21-22H2,1-2H3;1H/t23-;/m0./s1. The molecule has 0 saturated carbocycles. The molecule has 12 nitrogen and oxygen atoms in total. The van der Waals surface area contributed by atoms with Crippen molar-refractivity contribution >= 4 is 34.2 Å². The van der Waals surface area contributed by atoms with E-state index in [1.807, 2.05) is 43.3 Å². The van der Waals surface area contributed by atoms with Gasteiger partial charge in [-0.15, -0.1) is 5.10 Å².